The van der Waals surface area contributed by atoms with Gasteiger partial charge < -0.3 is 9.88 Å². The molecule has 1 aromatic heterocycles. The third-order valence-electron chi connectivity index (χ3n) is 4.78. The van der Waals surface area contributed by atoms with Crippen LogP contribution in [0, 0.1) is 0 Å². The first-order valence-electron chi connectivity index (χ1n) is 7.94. The van der Waals surface area contributed by atoms with Crippen molar-refractivity contribution in [3.63, 3.8) is 0 Å². The summed E-state index contributed by atoms with van der Waals surface area (Å²) in [7, 11) is 0. The lowest BCUT2D eigenvalue weighted by molar-refractivity contribution is 0.324. The van der Waals surface area contributed by atoms with E-state index in [1.165, 1.54) is 29.8 Å². The summed E-state index contributed by atoms with van der Waals surface area (Å²) in [6.07, 6.45) is 6.35. The normalized spacial score (nSPS) is 18.1. The Hall–Kier alpha value is -1.61. The molecule has 3 nitrogen and oxygen atoms in total. The Morgan fingerprint density at radius 1 is 1.24 bits per heavy atom. The highest BCUT2D eigenvalue weighted by molar-refractivity contribution is 5.40. The van der Waals surface area contributed by atoms with E-state index in [0.717, 1.165) is 13.1 Å². The minimum absolute atomic E-state index is 0.218. The largest absolute Gasteiger partial charge is 0.317 e. The number of hydrogen-bond acceptors (Lipinski definition) is 2. The van der Waals surface area contributed by atoms with Crippen LogP contribution in [0.1, 0.15) is 50.8 Å². The predicted octanol–water partition coefficient (Wildman–Crippen LogP) is 3.64. The number of rotatable bonds is 3. The first kappa shape index (κ1) is 14.3. The van der Waals surface area contributed by atoms with Crippen molar-refractivity contribution in [3.8, 4) is 5.69 Å². The maximum Gasteiger partial charge on any atom is 0.0994 e. The Balaban J connectivity index is 2.01. The molecule has 1 aliphatic rings. The maximum atomic E-state index is 4.44. The number of nitrogens with one attached hydrogen (secondary N) is 1. The zero-order valence-corrected chi connectivity index (χ0v) is 13.3. The van der Waals surface area contributed by atoms with Gasteiger partial charge in [0.25, 0.3) is 0 Å². The van der Waals surface area contributed by atoms with Gasteiger partial charge in [-0.05, 0) is 49.5 Å². The summed E-state index contributed by atoms with van der Waals surface area (Å²) in [4.78, 5) is 4.44. The SMILES string of the molecule is CC(C)c1cccc(-n2cncc2C2(C)CCNCC2)c1. The fraction of sp³-hybridized carbons (Fsp3) is 0.500. The van der Waals surface area contributed by atoms with Gasteiger partial charge in [-0.2, -0.15) is 0 Å². The smallest absolute Gasteiger partial charge is 0.0994 e. The van der Waals surface area contributed by atoms with Crippen molar-refractivity contribution in [1.82, 2.24) is 14.9 Å². The van der Waals surface area contributed by atoms with Crippen LogP contribution in [0.4, 0.5) is 0 Å². The molecule has 3 rings (SSSR count). The molecule has 0 unspecified atom stereocenters. The average Bonchev–Trinajstić information content (AvgIpc) is 2.98. The molecule has 0 saturated carbocycles. The van der Waals surface area contributed by atoms with Crippen molar-refractivity contribution in [2.75, 3.05) is 13.1 Å². The van der Waals surface area contributed by atoms with E-state index >= 15 is 0 Å². The molecule has 0 radical (unpaired) electrons. The average molecular weight is 283 g/mol. The molecule has 1 aromatic carbocycles. The van der Waals surface area contributed by atoms with Crippen LogP contribution in [0.25, 0.3) is 5.69 Å². The molecule has 1 saturated heterocycles. The van der Waals surface area contributed by atoms with Crippen LogP contribution in [0.15, 0.2) is 36.8 Å². The molecule has 2 heterocycles. The Kier molecular flexibility index (Phi) is 3.85. The van der Waals surface area contributed by atoms with E-state index in [2.05, 4.69) is 59.9 Å². The summed E-state index contributed by atoms with van der Waals surface area (Å²) in [6, 6.07) is 8.83. The fourth-order valence-electron chi connectivity index (χ4n) is 3.22. The summed E-state index contributed by atoms with van der Waals surface area (Å²) >= 11 is 0. The molecule has 3 heteroatoms. The Labute approximate surface area is 127 Å². The minimum atomic E-state index is 0.218. The van der Waals surface area contributed by atoms with E-state index in [9.17, 15) is 0 Å². The molecule has 1 aliphatic heterocycles. The number of hydrogen-bond donors (Lipinski definition) is 1. The van der Waals surface area contributed by atoms with E-state index in [1.54, 1.807) is 0 Å². The minimum Gasteiger partial charge on any atom is -0.317 e. The molecule has 2 aromatic rings. The fourth-order valence-corrected chi connectivity index (χ4v) is 3.22. The maximum absolute atomic E-state index is 4.44. The van der Waals surface area contributed by atoms with Gasteiger partial charge in [0.05, 0.1) is 6.33 Å². The molecule has 0 bridgehead atoms. The van der Waals surface area contributed by atoms with E-state index in [1.807, 2.05) is 12.5 Å². The third-order valence-corrected chi connectivity index (χ3v) is 4.78. The summed E-state index contributed by atoms with van der Waals surface area (Å²) in [5, 5.41) is 3.46. The molecule has 1 N–H and O–H groups in total. The number of benzene rings is 1. The molecule has 112 valence electrons. The summed E-state index contributed by atoms with van der Waals surface area (Å²) < 4.78 is 2.28. The summed E-state index contributed by atoms with van der Waals surface area (Å²) in [5.41, 5.74) is 4.16. The van der Waals surface area contributed by atoms with Crippen molar-refractivity contribution >= 4 is 0 Å². The third kappa shape index (κ3) is 2.75. The molecule has 0 spiro atoms. The van der Waals surface area contributed by atoms with Gasteiger partial charge in [0.2, 0.25) is 0 Å². The first-order chi connectivity index (χ1) is 10.1. The second-order valence-electron chi connectivity index (χ2n) is 6.71. The van der Waals surface area contributed by atoms with Crippen LogP contribution < -0.4 is 5.32 Å². The van der Waals surface area contributed by atoms with Crippen molar-refractivity contribution in [2.24, 2.45) is 0 Å². The van der Waals surface area contributed by atoms with Crippen LogP contribution in [-0.4, -0.2) is 22.6 Å². The standard InChI is InChI=1S/C18H25N3/c1-14(2)15-5-4-6-16(11-15)21-13-20-12-17(21)18(3)7-9-19-10-8-18/h4-6,11-14,19H,7-10H2,1-3H3. The summed E-state index contributed by atoms with van der Waals surface area (Å²) in [6.45, 7) is 9.03. The van der Waals surface area contributed by atoms with E-state index in [-0.39, 0.29) is 5.41 Å². The molecule has 1 fully saturated rings. The van der Waals surface area contributed by atoms with Crippen molar-refractivity contribution in [2.45, 2.75) is 44.9 Å². The monoisotopic (exact) mass is 283 g/mol. The molecular weight excluding hydrogens is 258 g/mol. The second kappa shape index (κ2) is 5.64. The van der Waals surface area contributed by atoms with Crippen molar-refractivity contribution < 1.29 is 0 Å². The molecular formula is C18H25N3. The van der Waals surface area contributed by atoms with Gasteiger partial charge in [0, 0.05) is 23.0 Å². The number of imidazole rings is 1. The topological polar surface area (TPSA) is 29.9 Å². The van der Waals surface area contributed by atoms with Crippen LogP contribution >= 0.6 is 0 Å². The first-order valence-corrected chi connectivity index (χ1v) is 7.94. The lowest BCUT2D eigenvalue weighted by atomic mass is 9.78. The number of piperidine rings is 1. The van der Waals surface area contributed by atoms with Crippen LogP contribution in [0.3, 0.4) is 0 Å². The van der Waals surface area contributed by atoms with E-state index in [0.29, 0.717) is 5.92 Å². The van der Waals surface area contributed by atoms with Crippen molar-refractivity contribution in [1.29, 1.82) is 0 Å². The highest BCUT2D eigenvalue weighted by Gasteiger charge is 2.31. The van der Waals surface area contributed by atoms with Crippen LogP contribution in [0.5, 0.6) is 0 Å². The van der Waals surface area contributed by atoms with E-state index in [4.69, 9.17) is 0 Å². The Bertz CT molecular complexity index is 606. The molecule has 0 atom stereocenters. The predicted molar refractivity (Wildman–Crippen MR) is 87.1 cm³/mol. The molecule has 0 amide bonds. The van der Waals surface area contributed by atoms with Gasteiger partial charge in [-0.1, -0.05) is 32.9 Å². The van der Waals surface area contributed by atoms with Gasteiger partial charge >= 0.3 is 0 Å². The van der Waals surface area contributed by atoms with E-state index < -0.39 is 0 Å². The van der Waals surface area contributed by atoms with Gasteiger partial charge in [0.1, 0.15) is 0 Å². The zero-order valence-electron chi connectivity index (χ0n) is 13.3. The van der Waals surface area contributed by atoms with Crippen LogP contribution in [-0.2, 0) is 5.41 Å². The number of nitrogens with zero attached hydrogens (tertiary/aromatic N) is 2. The second-order valence-corrected chi connectivity index (χ2v) is 6.71. The van der Waals surface area contributed by atoms with Gasteiger partial charge in [-0.15, -0.1) is 0 Å². The van der Waals surface area contributed by atoms with Gasteiger partial charge in [-0.25, -0.2) is 4.98 Å². The molecule has 21 heavy (non-hydrogen) atoms. The highest BCUT2D eigenvalue weighted by Crippen LogP contribution is 2.34. The van der Waals surface area contributed by atoms with Crippen LogP contribution in [0.2, 0.25) is 0 Å². The summed E-state index contributed by atoms with van der Waals surface area (Å²) in [5.74, 6) is 0.548. The van der Waals surface area contributed by atoms with Crippen molar-refractivity contribution in [3.05, 3.63) is 48.0 Å². The lowest BCUT2D eigenvalue weighted by Gasteiger charge is -2.34. The lowest BCUT2D eigenvalue weighted by Crippen LogP contribution is -2.38. The molecule has 0 aliphatic carbocycles. The zero-order chi connectivity index (χ0) is 14.9. The quantitative estimate of drug-likeness (QED) is 0.932. The number of aromatic nitrogens is 2. The Morgan fingerprint density at radius 3 is 2.71 bits per heavy atom. The Morgan fingerprint density at radius 2 is 2.00 bits per heavy atom. The van der Waals surface area contributed by atoms with Gasteiger partial charge in [-0.3, -0.25) is 0 Å². The van der Waals surface area contributed by atoms with Gasteiger partial charge in [0.15, 0.2) is 0 Å². The highest BCUT2D eigenvalue weighted by atomic mass is 15.1.